The summed E-state index contributed by atoms with van der Waals surface area (Å²) < 4.78 is 19.1. The lowest BCUT2D eigenvalue weighted by Crippen LogP contribution is -2.44. The van der Waals surface area contributed by atoms with Gasteiger partial charge in [-0.3, -0.25) is 4.79 Å². The fraction of sp³-hybridized carbons (Fsp3) is 0.522. The molecule has 4 rings (SSSR count). The Bertz CT molecular complexity index is 963. The van der Waals surface area contributed by atoms with Crippen molar-refractivity contribution in [3.63, 3.8) is 0 Å². The number of halogens is 1. The van der Waals surface area contributed by atoms with Gasteiger partial charge in [-0.2, -0.15) is 4.98 Å². The number of nitrogens with one attached hydrogen (secondary N) is 2. The number of anilines is 4. The van der Waals surface area contributed by atoms with Crippen molar-refractivity contribution in [1.29, 1.82) is 0 Å². The van der Waals surface area contributed by atoms with Crippen LogP contribution >= 0.6 is 0 Å². The number of aromatic nitrogens is 2. The molecule has 0 bridgehead atoms. The van der Waals surface area contributed by atoms with Crippen LogP contribution in [0.25, 0.3) is 0 Å². The van der Waals surface area contributed by atoms with Crippen molar-refractivity contribution in [2.75, 3.05) is 55.9 Å². The summed E-state index contributed by atoms with van der Waals surface area (Å²) in [6, 6.07) is 6.14. The standard InChI is InChI=1S/C23H31FN6O2/c1-15-12-17(6-7-20(15)30-10-8-29(2)9-11-30)27-23-25-14-19(24)21(28-23)26-18-5-4-16(13-18)22(31)32-3/h6-7,12,14,16,18H,4-5,8-11,13H2,1-3H3,(H2,25,26,27,28)/t16-,18+/m1/s1. The van der Waals surface area contributed by atoms with Crippen LogP contribution in [-0.4, -0.2) is 67.2 Å². The van der Waals surface area contributed by atoms with Crippen LogP contribution in [0.5, 0.6) is 0 Å². The van der Waals surface area contributed by atoms with Crippen LogP contribution in [0.1, 0.15) is 24.8 Å². The van der Waals surface area contributed by atoms with Gasteiger partial charge in [0.15, 0.2) is 11.6 Å². The van der Waals surface area contributed by atoms with E-state index in [1.807, 2.05) is 6.07 Å². The minimum Gasteiger partial charge on any atom is -0.469 e. The third kappa shape index (κ3) is 5.09. The number of hydrogen-bond donors (Lipinski definition) is 2. The summed E-state index contributed by atoms with van der Waals surface area (Å²) in [7, 11) is 3.54. The lowest BCUT2D eigenvalue weighted by Gasteiger charge is -2.35. The lowest BCUT2D eigenvalue weighted by molar-refractivity contribution is -0.145. The number of likely N-dealkylation sites (N-methyl/N-ethyl adjacent to an activating group) is 1. The third-order valence-corrected chi connectivity index (χ3v) is 6.35. The normalized spacial score (nSPS) is 21.4. The summed E-state index contributed by atoms with van der Waals surface area (Å²) >= 11 is 0. The smallest absolute Gasteiger partial charge is 0.308 e. The van der Waals surface area contributed by atoms with Crippen LogP contribution < -0.4 is 15.5 Å². The quantitative estimate of drug-likeness (QED) is 0.660. The Kier molecular flexibility index (Phi) is 6.74. The molecular formula is C23H31FN6O2. The number of carbonyl (C=O) groups excluding carboxylic acids is 1. The second-order valence-electron chi connectivity index (χ2n) is 8.68. The molecule has 2 aliphatic rings. The highest BCUT2D eigenvalue weighted by molar-refractivity contribution is 5.72. The van der Waals surface area contributed by atoms with Crippen molar-refractivity contribution in [3.8, 4) is 0 Å². The summed E-state index contributed by atoms with van der Waals surface area (Å²) in [6.07, 6.45) is 3.25. The van der Waals surface area contributed by atoms with E-state index in [9.17, 15) is 9.18 Å². The van der Waals surface area contributed by atoms with Crippen LogP contribution in [0.15, 0.2) is 24.4 Å². The average molecular weight is 443 g/mol. The Balaban J connectivity index is 1.41. The van der Waals surface area contributed by atoms with E-state index in [-0.39, 0.29) is 23.7 Å². The van der Waals surface area contributed by atoms with E-state index < -0.39 is 5.82 Å². The number of rotatable bonds is 6. The molecule has 8 nitrogen and oxygen atoms in total. The lowest BCUT2D eigenvalue weighted by atomic mass is 10.1. The first kappa shape index (κ1) is 22.3. The molecular weight excluding hydrogens is 411 g/mol. The van der Waals surface area contributed by atoms with Crippen molar-refractivity contribution < 1.29 is 13.9 Å². The molecule has 1 aliphatic carbocycles. The van der Waals surface area contributed by atoms with Crippen LogP contribution in [0, 0.1) is 18.7 Å². The van der Waals surface area contributed by atoms with Gasteiger partial charge in [-0.25, -0.2) is 9.37 Å². The first-order valence-electron chi connectivity index (χ1n) is 11.1. The van der Waals surface area contributed by atoms with Crippen molar-refractivity contribution in [2.24, 2.45) is 5.92 Å². The molecule has 32 heavy (non-hydrogen) atoms. The largest absolute Gasteiger partial charge is 0.469 e. The van der Waals surface area contributed by atoms with Crippen LogP contribution in [0.4, 0.5) is 27.5 Å². The minimum absolute atomic E-state index is 0.0264. The van der Waals surface area contributed by atoms with Crippen molar-refractivity contribution >= 4 is 29.1 Å². The van der Waals surface area contributed by atoms with Crippen LogP contribution in [0.3, 0.4) is 0 Å². The second-order valence-corrected chi connectivity index (χ2v) is 8.68. The number of esters is 1. The highest BCUT2D eigenvalue weighted by Crippen LogP contribution is 2.30. The van der Waals surface area contributed by atoms with Gasteiger partial charge in [0.05, 0.1) is 19.2 Å². The van der Waals surface area contributed by atoms with Gasteiger partial charge in [0.25, 0.3) is 0 Å². The fourth-order valence-electron chi connectivity index (χ4n) is 4.48. The number of piperazine rings is 1. The number of nitrogens with zero attached hydrogens (tertiary/aromatic N) is 4. The first-order valence-corrected chi connectivity index (χ1v) is 11.1. The molecule has 2 aromatic rings. The molecule has 0 radical (unpaired) electrons. The zero-order valence-corrected chi connectivity index (χ0v) is 18.9. The molecule has 2 fully saturated rings. The maximum atomic E-state index is 14.3. The number of carbonyl (C=O) groups is 1. The van der Waals surface area contributed by atoms with E-state index in [1.165, 1.54) is 18.4 Å². The van der Waals surface area contributed by atoms with Crippen LogP contribution in [-0.2, 0) is 9.53 Å². The monoisotopic (exact) mass is 442 g/mol. The van der Waals surface area contributed by atoms with Crippen molar-refractivity contribution in [3.05, 3.63) is 35.8 Å². The Labute approximate surface area is 188 Å². The molecule has 2 atom stereocenters. The Morgan fingerprint density at radius 3 is 2.72 bits per heavy atom. The van der Waals surface area contributed by atoms with E-state index in [1.54, 1.807) is 0 Å². The molecule has 2 N–H and O–H groups in total. The van der Waals surface area contributed by atoms with Gasteiger partial charge >= 0.3 is 5.97 Å². The SMILES string of the molecule is COC(=O)[C@@H]1CC[C@H](Nc2nc(Nc3ccc(N4CCN(C)CC4)c(C)c3)ncc2F)C1. The summed E-state index contributed by atoms with van der Waals surface area (Å²) in [5.41, 5.74) is 3.25. The van der Waals surface area contributed by atoms with Gasteiger partial charge in [-0.05, 0) is 57.0 Å². The molecule has 1 aliphatic heterocycles. The van der Waals surface area contributed by atoms with E-state index in [0.29, 0.717) is 12.4 Å². The van der Waals surface area contributed by atoms with Crippen LogP contribution in [0.2, 0.25) is 0 Å². The van der Waals surface area contributed by atoms with Gasteiger partial charge in [-0.1, -0.05) is 0 Å². The predicted octanol–water partition coefficient (Wildman–Crippen LogP) is 3.17. The van der Waals surface area contributed by atoms with Gasteiger partial charge in [0.2, 0.25) is 5.95 Å². The van der Waals surface area contributed by atoms with Crippen molar-refractivity contribution in [2.45, 2.75) is 32.2 Å². The average Bonchev–Trinajstić information content (AvgIpc) is 3.25. The molecule has 9 heteroatoms. The number of methoxy groups -OCH3 is 1. The predicted molar refractivity (Wildman–Crippen MR) is 123 cm³/mol. The van der Waals surface area contributed by atoms with Gasteiger partial charge < -0.3 is 25.2 Å². The molecule has 1 aromatic carbocycles. The number of ether oxygens (including phenoxy) is 1. The molecule has 2 heterocycles. The van der Waals surface area contributed by atoms with E-state index in [4.69, 9.17) is 4.74 Å². The zero-order chi connectivity index (χ0) is 22.7. The van der Waals surface area contributed by atoms with E-state index in [0.717, 1.165) is 50.9 Å². The van der Waals surface area contributed by atoms with Gasteiger partial charge in [0, 0.05) is 43.6 Å². The summed E-state index contributed by atoms with van der Waals surface area (Å²) in [4.78, 5) is 24.9. The summed E-state index contributed by atoms with van der Waals surface area (Å²) in [5.74, 6) is -0.414. The minimum atomic E-state index is -0.515. The Morgan fingerprint density at radius 1 is 1.22 bits per heavy atom. The zero-order valence-electron chi connectivity index (χ0n) is 18.9. The molecule has 1 saturated heterocycles. The number of hydrogen-bond acceptors (Lipinski definition) is 8. The summed E-state index contributed by atoms with van der Waals surface area (Å²) in [5, 5.41) is 6.31. The number of benzene rings is 1. The fourth-order valence-corrected chi connectivity index (χ4v) is 4.48. The maximum Gasteiger partial charge on any atom is 0.308 e. The number of aryl methyl sites for hydroxylation is 1. The van der Waals surface area contributed by atoms with Gasteiger partial charge in [0.1, 0.15) is 0 Å². The molecule has 1 aromatic heterocycles. The molecule has 0 spiro atoms. The first-order chi connectivity index (χ1) is 15.4. The highest BCUT2D eigenvalue weighted by atomic mass is 19.1. The molecule has 0 unspecified atom stereocenters. The molecule has 172 valence electrons. The second kappa shape index (κ2) is 9.68. The van der Waals surface area contributed by atoms with Crippen molar-refractivity contribution in [1.82, 2.24) is 14.9 Å². The Hall–Kier alpha value is -2.94. The Morgan fingerprint density at radius 2 is 2.00 bits per heavy atom. The topological polar surface area (TPSA) is 82.6 Å². The van der Waals surface area contributed by atoms with E-state index >= 15 is 0 Å². The summed E-state index contributed by atoms with van der Waals surface area (Å²) in [6.45, 7) is 6.23. The van der Waals surface area contributed by atoms with E-state index in [2.05, 4.69) is 56.5 Å². The van der Waals surface area contributed by atoms with Gasteiger partial charge in [-0.15, -0.1) is 0 Å². The molecule has 1 saturated carbocycles. The third-order valence-electron chi connectivity index (χ3n) is 6.35. The molecule has 0 amide bonds. The highest BCUT2D eigenvalue weighted by Gasteiger charge is 2.31. The maximum absolute atomic E-state index is 14.3.